The van der Waals surface area contributed by atoms with E-state index in [4.69, 9.17) is 14.7 Å². The molecule has 0 fully saturated rings. The fourth-order valence-electron chi connectivity index (χ4n) is 4.38. The van der Waals surface area contributed by atoms with Crippen molar-refractivity contribution in [3.05, 3.63) is 106 Å². The fraction of sp³-hybridized carbons (Fsp3) is 0.167. The van der Waals surface area contributed by atoms with E-state index in [1.165, 1.54) is 43.6 Å². The van der Waals surface area contributed by atoms with Gasteiger partial charge in [0.25, 0.3) is 0 Å². The van der Waals surface area contributed by atoms with E-state index in [0.29, 0.717) is 30.0 Å². The first-order chi connectivity index (χ1) is 20.3. The number of benzene rings is 2. The highest BCUT2D eigenvalue weighted by Gasteiger charge is 2.19. The number of ether oxygens (including phenoxy) is 2. The molecular formula is C30H22F3N5O4. The van der Waals surface area contributed by atoms with E-state index in [0.717, 1.165) is 18.2 Å². The number of carbonyl (C=O) groups is 1. The molecule has 0 saturated carbocycles. The summed E-state index contributed by atoms with van der Waals surface area (Å²) in [6.45, 7) is 0.331. The minimum Gasteiger partial charge on any atom is -0.478 e. The standard InChI is InChI=1S/C30H22F3N5O4/c1-41-8-7-38-27-11-18(30(39)40)5-6-25(27)36-28(38)12-19-10-22(32)20(13-21(19)31)24-3-2-4-29(37-24)42-16-26-23(33)9-17(14-34)15-35-26/h2-6,9-11,13,15H,7-8,12,16H2,1H3,(H,39,40). The van der Waals surface area contributed by atoms with Crippen LogP contribution in [0.5, 0.6) is 5.88 Å². The SMILES string of the molecule is COCCn1c(Cc2cc(F)c(-c3cccc(OCc4ncc(C#N)cc4F)n3)cc2F)nc2ccc(C(=O)O)cc21. The smallest absolute Gasteiger partial charge is 0.335 e. The number of aromatic nitrogens is 4. The van der Waals surface area contributed by atoms with Crippen LogP contribution in [0.3, 0.4) is 0 Å². The Kier molecular flexibility index (Phi) is 8.12. The Morgan fingerprint density at radius 2 is 1.88 bits per heavy atom. The summed E-state index contributed by atoms with van der Waals surface area (Å²) in [5.74, 6) is -2.79. The van der Waals surface area contributed by atoms with Crippen molar-refractivity contribution >= 4 is 17.0 Å². The normalized spacial score (nSPS) is 11.0. The van der Waals surface area contributed by atoms with Crippen LogP contribution in [-0.2, 0) is 24.3 Å². The van der Waals surface area contributed by atoms with Gasteiger partial charge in [-0.3, -0.25) is 4.98 Å². The van der Waals surface area contributed by atoms with Crippen molar-refractivity contribution in [3.8, 4) is 23.2 Å². The van der Waals surface area contributed by atoms with Gasteiger partial charge in [0.2, 0.25) is 5.88 Å². The van der Waals surface area contributed by atoms with Gasteiger partial charge >= 0.3 is 5.97 Å². The van der Waals surface area contributed by atoms with Gasteiger partial charge in [-0.25, -0.2) is 27.9 Å². The molecule has 3 heterocycles. The van der Waals surface area contributed by atoms with E-state index >= 15 is 8.78 Å². The molecule has 12 heteroatoms. The first-order valence-electron chi connectivity index (χ1n) is 12.6. The largest absolute Gasteiger partial charge is 0.478 e. The highest BCUT2D eigenvalue weighted by atomic mass is 19.1. The summed E-state index contributed by atoms with van der Waals surface area (Å²) in [6.07, 6.45) is 1.15. The van der Waals surface area contributed by atoms with Crippen molar-refractivity contribution in [3.63, 3.8) is 0 Å². The first kappa shape index (κ1) is 28.3. The molecule has 1 N–H and O–H groups in total. The van der Waals surface area contributed by atoms with Crippen molar-refractivity contribution in [1.29, 1.82) is 5.26 Å². The molecule has 0 saturated heterocycles. The molecule has 0 aliphatic rings. The van der Waals surface area contributed by atoms with E-state index in [2.05, 4.69) is 15.0 Å². The van der Waals surface area contributed by atoms with Crippen molar-refractivity contribution in [2.75, 3.05) is 13.7 Å². The predicted octanol–water partition coefficient (Wildman–Crippen LogP) is 5.30. The van der Waals surface area contributed by atoms with Gasteiger partial charge in [-0.15, -0.1) is 0 Å². The zero-order chi connectivity index (χ0) is 29.8. The van der Waals surface area contributed by atoms with Crippen LogP contribution in [0.4, 0.5) is 13.2 Å². The number of imidazole rings is 1. The second kappa shape index (κ2) is 12.1. The van der Waals surface area contributed by atoms with E-state index in [-0.39, 0.29) is 52.5 Å². The maximum Gasteiger partial charge on any atom is 0.335 e. The number of hydrogen-bond acceptors (Lipinski definition) is 7. The van der Waals surface area contributed by atoms with E-state index in [1.54, 1.807) is 16.7 Å². The third-order valence-electron chi connectivity index (χ3n) is 6.48. The number of nitriles is 1. The number of carboxylic acids is 1. The van der Waals surface area contributed by atoms with E-state index in [1.807, 2.05) is 0 Å². The maximum atomic E-state index is 15.3. The summed E-state index contributed by atoms with van der Waals surface area (Å²) in [4.78, 5) is 24.1. The summed E-state index contributed by atoms with van der Waals surface area (Å²) in [6, 6.07) is 13.9. The molecule has 9 nitrogen and oxygen atoms in total. The average Bonchev–Trinajstić information content (AvgIpc) is 3.33. The average molecular weight is 574 g/mol. The zero-order valence-electron chi connectivity index (χ0n) is 22.1. The lowest BCUT2D eigenvalue weighted by Gasteiger charge is -2.12. The van der Waals surface area contributed by atoms with Crippen LogP contribution >= 0.6 is 0 Å². The number of halogens is 3. The van der Waals surface area contributed by atoms with Gasteiger partial charge in [0.05, 0.1) is 34.5 Å². The van der Waals surface area contributed by atoms with Crippen LogP contribution in [0.25, 0.3) is 22.3 Å². The Morgan fingerprint density at radius 3 is 2.62 bits per heavy atom. The number of rotatable bonds is 10. The Balaban J connectivity index is 1.40. The summed E-state index contributed by atoms with van der Waals surface area (Å²) >= 11 is 0. The van der Waals surface area contributed by atoms with Crippen molar-refractivity contribution in [1.82, 2.24) is 19.5 Å². The van der Waals surface area contributed by atoms with Crippen molar-refractivity contribution in [2.24, 2.45) is 0 Å². The Bertz CT molecular complexity index is 1850. The Labute approximate surface area is 237 Å². The van der Waals surface area contributed by atoms with Crippen LogP contribution in [0.2, 0.25) is 0 Å². The summed E-state index contributed by atoms with van der Waals surface area (Å²) < 4.78 is 57.2. The van der Waals surface area contributed by atoms with E-state index < -0.39 is 23.4 Å². The monoisotopic (exact) mass is 573 g/mol. The third-order valence-corrected chi connectivity index (χ3v) is 6.48. The van der Waals surface area contributed by atoms with Crippen LogP contribution in [0.1, 0.15) is 33.0 Å². The molecular weight excluding hydrogens is 551 g/mol. The lowest BCUT2D eigenvalue weighted by atomic mass is 10.0. The van der Waals surface area contributed by atoms with Gasteiger partial charge in [0, 0.05) is 37.9 Å². The lowest BCUT2D eigenvalue weighted by molar-refractivity contribution is 0.0697. The molecule has 0 radical (unpaired) electrons. The third kappa shape index (κ3) is 5.91. The van der Waals surface area contributed by atoms with Crippen LogP contribution in [0.15, 0.2) is 60.8 Å². The number of hydrogen-bond donors (Lipinski definition) is 1. The van der Waals surface area contributed by atoms with Crippen LogP contribution in [0, 0.1) is 28.8 Å². The molecule has 0 bridgehead atoms. The highest BCUT2D eigenvalue weighted by molar-refractivity contribution is 5.92. The van der Waals surface area contributed by atoms with Crippen LogP contribution < -0.4 is 4.74 Å². The zero-order valence-corrected chi connectivity index (χ0v) is 22.1. The molecule has 3 aromatic heterocycles. The van der Waals surface area contributed by atoms with Crippen LogP contribution in [-0.4, -0.2) is 44.3 Å². The highest BCUT2D eigenvalue weighted by Crippen LogP contribution is 2.28. The molecule has 0 atom stereocenters. The second-order valence-corrected chi connectivity index (χ2v) is 9.20. The molecule has 42 heavy (non-hydrogen) atoms. The first-order valence-corrected chi connectivity index (χ1v) is 12.6. The molecule has 0 aliphatic heterocycles. The second-order valence-electron chi connectivity index (χ2n) is 9.20. The summed E-state index contributed by atoms with van der Waals surface area (Å²) in [7, 11) is 1.52. The minimum atomic E-state index is -1.09. The van der Waals surface area contributed by atoms with Gasteiger partial charge < -0.3 is 19.1 Å². The lowest BCUT2D eigenvalue weighted by Crippen LogP contribution is -2.10. The molecule has 5 aromatic rings. The topological polar surface area (TPSA) is 123 Å². The molecule has 2 aromatic carbocycles. The van der Waals surface area contributed by atoms with E-state index in [9.17, 15) is 14.3 Å². The predicted molar refractivity (Wildman–Crippen MR) is 144 cm³/mol. The van der Waals surface area contributed by atoms with Gasteiger partial charge in [-0.2, -0.15) is 5.26 Å². The number of nitrogens with zero attached hydrogens (tertiary/aromatic N) is 5. The maximum absolute atomic E-state index is 15.3. The molecule has 0 aliphatic carbocycles. The quantitative estimate of drug-likeness (QED) is 0.239. The molecule has 0 amide bonds. The molecule has 0 spiro atoms. The number of methoxy groups -OCH3 is 1. The van der Waals surface area contributed by atoms with Gasteiger partial charge in [-0.05, 0) is 48.0 Å². The number of carboxylic acid groups (broad SMARTS) is 1. The summed E-state index contributed by atoms with van der Waals surface area (Å²) in [5, 5.41) is 18.2. The number of pyridine rings is 2. The number of aromatic carboxylic acids is 1. The minimum absolute atomic E-state index is 0.0366. The van der Waals surface area contributed by atoms with Crippen molar-refractivity contribution in [2.45, 2.75) is 19.6 Å². The Hall–Kier alpha value is -5.28. The van der Waals surface area contributed by atoms with Gasteiger partial charge in [0.15, 0.2) is 0 Å². The molecule has 5 rings (SSSR count). The molecule has 0 unspecified atom stereocenters. The fourth-order valence-corrected chi connectivity index (χ4v) is 4.38. The summed E-state index contributed by atoms with van der Waals surface area (Å²) in [5.41, 5.74) is 1.18. The molecule has 212 valence electrons. The van der Waals surface area contributed by atoms with Gasteiger partial charge in [-0.1, -0.05) is 6.07 Å². The van der Waals surface area contributed by atoms with Gasteiger partial charge in [0.1, 0.15) is 41.6 Å². The number of fused-ring (bicyclic) bond motifs is 1. The Morgan fingerprint density at radius 1 is 1.05 bits per heavy atom. The van der Waals surface area contributed by atoms with Crippen molar-refractivity contribution < 1.29 is 32.5 Å².